The number of Topliss-reactive ketones (excluding diaryl/α,β-unsaturated/α-hetero) is 1. The highest BCUT2D eigenvalue weighted by Crippen LogP contribution is 2.44. The summed E-state index contributed by atoms with van der Waals surface area (Å²) < 4.78 is 10.5. The van der Waals surface area contributed by atoms with Crippen molar-refractivity contribution < 1.29 is 23.9 Å². The van der Waals surface area contributed by atoms with Gasteiger partial charge in [-0.1, -0.05) is 24.3 Å². The number of nitrogens with zero attached hydrogens (tertiary/aromatic N) is 2. The van der Waals surface area contributed by atoms with Gasteiger partial charge in [-0.25, -0.2) is 9.59 Å². The number of ether oxygens (including phenoxy) is 2. The van der Waals surface area contributed by atoms with Crippen LogP contribution in [0.25, 0.3) is 5.57 Å². The van der Waals surface area contributed by atoms with Gasteiger partial charge in [-0.3, -0.25) is 4.79 Å². The number of hydrogen-bond donors (Lipinski definition) is 0. The highest BCUT2D eigenvalue weighted by atomic mass is 16.5. The summed E-state index contributed by atoms with van der Waals surface area (Å²) in [4.78, 5) is 41.3. The lowest BCUT2D eigenvalue weighted by atomic mass is 9.88. The van der Waals surface area contributed by atoms with Crippen molar-refractivity contribution in [1.82, 2.24) is 9.80 Å². The number of ketones is 1. The van der Waals surface area contributed by atoms with E-state index < -0.39 is 0 Å². The molecule has 1 aromatic rings. The van der Waals surface area contributed by atoms with Gasteiger partial charge in [0.15, 0.2) is 5.78 Å². The van der Waals surface area contributed by atoms with Crippen LogP contribution < -0.4 is 0 Å². The van der Waals surface area contributed by atoms with Gasteiger partial charge in [-0.05, 0) is 37.3 Å². The summed E-state index contributed by atoms with van der Waals surface area (Å²) in [5, 5.41) is 0. The largest absolute Gasteiger partial charge is 0.466 e. The molecule has 1 aromatic carbocycles. The maximum absolute atomic E-state index is 13.2. The zero-order valence-electron chi connectivity index (χ0n) is 16.8. The van der Waals surface area contributed by atoms with Crippen LogP contribution in [0.15, 0.2) is 29.8 Å². The van der Waals surface area contributed by atoms with Crippen molar-refractivity contribution in [2.45, 2.75) is 38.3 Å². The molecule has 2 atom stereocenters. The van der Waals surface area contributed by atoms with Crippen molar-refractivity contribution in [2.75, 3.05) is 33.4 Å². The highest BCUT2D eigenvalue weighted by molar-refractivity contribution is 6.01. The molecule has 3 aliphatic rings. The van der Waals surface area contributed by atoms with Gasteiger partial charge in [0.2, 0.25) is 0 Å². The van der Waals surface area contributed by atoms with Crippen LogP contribution in [0.4, 0.5) is 4.79 Å². The molecule has 2 amide bonds. The lowest BCUT2D eigenvalue weighted by Gasteiger charge is -2.41. The highest BCUT2D eigenvalue weighted by Gasteiger charge is 2.47. The summed E-state index contributed by atoms with van der Waals surface area (Å²) in [5.74, 6) is -0.384. The summed E-state index contributed by atoms with van der Waals surface area (Å²) in [7, 11) is 1.38. The van der Waals surface area contributed by atoms with E-state index in [1.54, 1.807) is 12.1 Å². The molecule has 2 fully saturated rings. The molecule has 0 radical (unpaired) electrons. The summed E-state index contributed by atoms with van der Waals surface area (Å²) in [5.41, 5.74) is 3.03. The number of urea groups is 1. The molecular formula is C22H26N2O5. The van der Waals surface area contributed by atoms with E-state index in [4.69, 9.17) is 9.47 Å². The second-order valence-electron chi connectivity index (χ2n) is 7.76. The number of amides is 2. The molecule has 4 rings (SSSR count). The SMILES string of the molecule is COC(=O)C1=C(c2ccc(C(C)=O)cc2)C[C@@H]2CC[C@H]1N2C(=O)N1CCOCC1. The predicted octanol–water partition coefficient (Wildman–Crippen LogP) is 2.50. The fourth-order valence-corrected chi connectivity index (χ4v) is 4.67. The molecule has 0 unspecified atom stereocenters. The van der Waals surface area contributed by atoms with Crippen molar-refractivity contribution in [3.8, 4) is 0 Å². The molecule has 2 saturated heterocycles. The number of carbonyl (C=O) groups excluding carboxylic acids is 3. The molecule has 0 N–H and O–H groups in total. The molecule has 0 aliphatic carbocycles. The molecular weight excluding hydrogens is 372 g/mol. The zero-order valence-corrected chi connectivity index (χ0v) is 16.8. The average Bonchev–Trinajstić information content (AvgIpc) is 3.06. The van der Waals surface area contributed by atoms with E-state index in [-0.39, 0.29) is 29.9 Å². The van der Waals surface area contributed by atoms with E-state index in [1.165, 1.54) is 14.0 Å². The maximum atomic E-state index is 13.2. The van der Waals surface area contributed by atoms with Crippen LogP contribution in [0.1, 0.15) is 42.1 Å². The first-order chi connectivity index (χ1) is 14.0. The number of morpholine rings is 1. The molecule has 154 valence electrons. The number of benzene rings is 1. The van der Waals surface area contributed by atoms with E-state index in [0.29, 0.717) is 43.9 Å². The van der Waals surface area contributed by atoms with Gasteiger partial charge in [-0.15, -0.1) is 0 Å². The topological polar surface area (TPSA) is 76.2 Å². The number of methoxy groups -OCH3 is 1. The smallest absolute Gasteiger partial charge is 0.336 e. The molecule has 7 nitrogen and oxygen atoms in total. The monoisotopic (exact) mass is 398 g/mol. The second-order valence-corrected chi connectivity index (χ2v) is 7.76. The molecule has 0 spiro atoms. The Labute approximate surface area is 170 Å². The predicted molar refractivity (Wildman–Crippen MR) is 106 cm³/mol. The Bertz CT molecular complexity index is 854. The lowest BCUT2D eigenvalue weighted by Crippen LogP contribution is -2.54. The van der Waals surface area contributed by atoms with Crippen molar-refractivity contribution >= 4 is 23.4 Å². The molecule has 7 heteroatoms. The van der Waals surface area contributed by atoms with E-state index in [1.807, 2.05) is 21.9 Å². The van der Waals surface area contributed by atoms with E-state index in [9.17, 15) is 14.4 Å². The van der Waals surface area contributed by atoms with Crippen molar-refractivity contribution in [2.24, 2.45) is 0 Å². The third kappa shape index (κ3) is 3.55. The first kappa shape index (κ1) is 19.6. The molecule has 2 bridgehead atoms. The van der Waals surface area contributed by atoms with E-state index in [2.05, 4.69) is 0 Å². The molecule has 0 aromatic heterocycles. The van der Waals surface area contributed by atoms with Gasteiger partial charge < -0.3 is 19.3 Å². The van der Waals surface area contributed by atoms with E-state index in [0.717, 1.165) is 24.0 Å². The quantitative estimate of drug-likeness (QED) is 0.578. The number of hydrogen-bond acceptors (Lipinski definition) is 5. The minimum atomic E-state index is -0.388. The summed E-state index contributed by atoms with van der Waals surface area (Å²) >= 11 is 0. The molecule has 3 aliphatic heterocycles. The Morgan fingerprint density at radius 2 is 1.76 bits per heavy atom. The number of carbonyl (C=O) groups is 3. The van der Waals surface area contributed by atoms with Crippen LogP contribution in [0.3, 0.4) is 0 Å². The Morgan fingerprint density at radius 1 is 1.07 bits per heavy atom. The van der Waals surface area contributed by atoms with Gasteiger partial charge in [-0.2, -0.15) is 0 Å². The van der Waals surface area contributed by atoms with Gasteiger partial charge in [0, 0.05) is 24.7 Å². The Hall–Kier alpha value is -2.67. The van der Waals surface area contributed by atoms with Gasteiger partial charge in [0.05, 0.1) is 31.9 Å². The lowest BCUT2D eigenvalue weighted by molar-refractivity contribution is -0.136. The Morgan fingerprint density at radius 3 is 2.38 bits per heavy atom. The van der Waals surface area contributed by atoms with Crippen LogP contribution >= 0.6 is 0 Å². The van der Waals surface area contributed by atoms with Crippen LogP contribution in [0.5, 0.6) is 0 Å². The molecule has 3 heterocycles. The molecule has 29 heavy (non-hydrogen) atoms. The maximum Gasteiger partial charge on any atom is 0.336 e. The fraction of sp³-hybridized carbons (Fsp3) is 0.500. The van der Waals surface area contributed by atoms with Crippen molar-refractivity contribution in [1.29, 1.82) is 0 Å². The third-order valence-corrected chi connectivity index (χ3v) is 6.15. The fourth-order valence-electron chi connectivity index (χ4n) is 4.67. The number of fused-ring (bicyclic) bond motifs is 2. The second kappa shape index (κ2) is 7.99. The summed E-state index contributed by atoms with van der Waals surface area (Å²) in [6.45, 7) is 3.77. The Kier molecular flexibility index (Phi) is 5.41. The average molecular weight is 398 g/mol. The van der Waals surface area contributed by atoms with Crippen LogP contribution in [0, 0.1) is 0 Å². The first-order valence-electron chi connectivity index (χ1n) is 10.1. The Balaban J connectivity index is 1.70. The molecule has 0 saturated carbocycles. The van der Waals surface area contributed by atoms with Gasteiger partial charge >= 0.3 is 12.0 Å². The normalized spacial score (nSPS) is 23.9. The van der Waals surface area contributed by atoms with Gasteiger partial charge in [0.25, 0.3) is 0 Å². The first-order valence-corrected chi connectivity index (χ1v) is 10.1. The summed E-state index contributed by atoms with van der Waals surface area (Å²) in [6, 6.07) is 7.10. The minimum Gasteiger partial charge on any atom is -0.466 e. The third-order valence-electron chi connectivity index (χ3n) is 6.15. The summed E-state index contributed by atoms with van der Waals surface area (Å²) in [6.07, 6.45) is 2.22. The van der Waals surface area contributed by atoms with Crippen molar-refractivity contribution in [3.63, 3.8) is 0 Å². The number of rotatable bonds is 3. The van der Waals surface area contributed by atoms with E-state index >= 15 is 0 Å². The minimum absolute atomic E-state index is 0.00437. The van der Waals surface area contributed by atoms with Crippen LogP contribution in [-0.4, -0.2) is 73.1 Å². The standard InChI is InChI=1S/C22H26N2O5/c1-14(25)15-3-5-16(6-4-15)18-13-17-7-8-19(20(18)21(26)28-2)24(17)22(27)23-9-11-29-12-10-23/h3-6,17,19H,7-13H2,1-2H3/t17-,19+/m0/s1. The van der Waals surface area contributed by atoms with Crippen molar-refractivity contribution in [3.05, 3.63) is 41.0 Å². The van der Waals surface area contributed by atoms with Gasteiger partial charge in [0.1, 0.15) is 0 Å². The number of esters is 1. The van der Waals surface area contributed by atoms with Crippen LogP contribution in [0.2, 0.25) is 0 Å². The van der Waals surface area contributed by atoms with Crippen LogP contribution in [-0.2, 0) is 14.3 Å². The zero-order chi connectivity index (χ0) is 20.5.